The van der Waals surface area contributed by atoms with Gasteiger partial charge in [0, 0.05) is 17.0 Å². The third kappa shape index (κ3) is 1.65. The molecule has 0 fully saturated rings. The first kappa shape index (κ1) is 12.6. The van der Waals surface area contributed by atoms with Crippen LogP contribution in [-0.2, 0) is 0 Å². The molecule has 5 heteroatoms. The predicted molar refractivity (Wildman–Crippen MR) is 83.5 cm³/mol. The Labute approximate surface area is 125 Å². The van der Waals surface area contributed by atoms with Gasteiger partial charge in [0.1, 0.15) is 11.5 Å². The Bertz CT molecular complexity index is 954. The molecule has 0 amide bonds. The average Bonchev–Trinajstić information content (AvgIpc) is 3.03. The molecule has 3 aromatic rings. The van der Waals surface area contributed by atoms with Crippen LogP contribution in [-0.4, -0.2) is 28.7 Å². The van der Waals surface area contributed by atoms with E-state index in [1.165, 1.54) is 0 Å². The number of Topliss-reactive ketones (excluding diaryl/α,β-unsaturated/α-hetero) is 1. The highest BCUT2D eigenvalue weighted by Gasteiger charge is 2.29. The molecule has 0 atom stereocenters. The number of hydrogen-bond donors (Lipinski definition) is 2. The molecular weight excluding hydrogens is 280 g/mol. The summed E-state index contributed by atoms with van der Waals surface area (Å²) >= 11 is 0. The minimum absolute atomic E-state index is 0.0665. The second kappa shape index (κ2) is 4.46. The monoisotopic (exact) mass is 292 g/mol. The number of methoxy groups -OCH3 is 1. The van der Waals surface area contributed by atoms with Gasteiger partial charge in [0.25, 0.3) is 0 Å². The molecule has 2 aromatic carbocycles. The van der Waals surface area contributed by atoms with Crippen molar-refractivity contribution in [1.82, 2.24) is 4.98 Å². The molecule has 0 spiro atoms. The van der Waals surface area contributed by atoms with E-state index >= 15 is 0 Å². The molecule has 1 aliphatic heterocycles. The Hall–Kier alpha value is -3.08. The number of ketones is 1. The van der Waals surface area contributed by atoms with Crippen molar-refractivity contribution in [3.63, 3.8) is 0 Å². The zero-order valence-electron chi connectivity index (χ0n) is 11.8. The number of fused-ring (bicyclic) bond motifs is 2. The first-order chi connectivity index (χ1) is 10.7. The number of carbonyl (C=O) groups excluding carboxylic acids is 1. The zero-order chi connectivity index (χ0) is 15.3. The number of aromatic amines is 1. The van der Waals surface area contributed by atoms with Crippen LogP contribution in [0.15, 0.2) is 47.5 Å². The standard InChI is InChI=1S/C17H12N2O3/c1-22-9-6-7-10-13(8-9)19-17(21)14(10)15-16(20)11-4-2-3-5-12(11)18-15/h2-8,19,21H,1H3. The van der Waals surface area contributed by atoms with Crippen molar-refractivity contribution in [2.75, 3.05) is 7.11 Å². The first-order valence-electron chi connectivity index (χ1n) is 6.80. The molecule has 4 rings (SSSR count). The van der Waals surface area contributed by atoms with Crippen LogP contribution in [0.2, 0.25) is 0 Å². The Morgan fingerprint density at radius 2 is 2.00 bits per heavy atom. The van der Waals surface area contributed by atoms with Gasteiger partial charge in [0.2, 0.25) is 5.78 Å². The maximum Gasteiger partial charge on any atom is 0.214 e. The molecule has 2 N–H and O–H groups in total. The molecule has 0 saturated carbocycles. The normalized spacial score (nSPS) is 13.3. The molecule has 0 aliphatic carbocycles. The van der Waals surface area contributed by atoms with Crippen LogP contribution >= 0.6 is 0 Å². The smallest absolute Gasteiger partial charge is 0.214 e. The average molecular weight is 292 g/mol. The lowest BCUT2D eigenvalue weighted by Gasteiger charge is -2.00. The van der Waals surface area contributed by atoms with Crippen molar-refractivity contribution in [1.29, 1.82) is 0 Å². The molecule has 0 radical (unpaired) electrons. The number of H-pyrrole nitrogens is 1. The lowest BCUT2D eigenvalue weighted by molar-refractivity contribution is 0.107. The van der Waals surface area contributed by atoms with Gasteiger partial charge in [-0.1, -0.05) is 12.1 Å². The summed E-state index contributed by atoms with van der Waals surface area (Å²) in [5, 5.41) is 11.0. The molecule has 1 aliphatic rings. The summed E-state index contributed by atoms with van der Waals surface area (Å²) in [5.74, 6) is 0.425. The minimum Gasteiger partial charge on any atom is -0.497 e. The van der Waals surface area contributed by atoms with Crippen molar-refractivity contribution in [2.45, 2.75) is 0 Å². The number of para-hydroxylation sites is 1. The summed E-state index contributed by atoms with van der Waals surface area (Å²) in [4.78, 5) is 19.8. The second-order valence-corrected chi connectivity index (χ2v) is 5.07. The van der Waals surface area contributed by atoms with Crippen molar-refractivity contribution >= 4 is 28.1 Å². The van der Waals surface area contributed by atoms with Gasteiger partial charge in [-0.15, -0.1) is 0 Å². The molecular formula is C17H12N2O3. The SMILES string of the molecule is COc1ccc2c(C3=Nc4ccccc4C3=O)c(O)[nH]c2c1. The lowest BCUT2D eigenvalue weighted by Crippen LogP contribution is -2.10. The van der Waals surface area contributed by atoms with E-state index < -0.39 is 0 Å². The summed E-state index contributed by atoms with van der Waals surface area (Å²) in [6.07, 6.45) is 0. The number of benzene rings is 2. The van der Waals surface area contributed by atoms with E-state index in [-0.39, 0.29) is 17.4 Å². The number of aliphatic imine (C=N–C) groups is 1. The number of aromatic hydroxyl groups is 1. The first-order valence-corrected chi connectivity index (χ1v) is 6.80. The number of ether oxygens (including phenoxy) is 1. The van der Waals surface area contributed by atoms with E-state index in [9.17, 15) is 9.90 Å². The summed E-state index contributed by atoms with van der Waals surface area (Å²) in [7, 11) is 1.58. The van der Waals surface area contributed by atoms with E-state index in [0.717, 1.165) is 5.39 Å². The summed E-state index contributed by atoms with van der Waals surface area (Å²) in [6, 6.07) is 12.5. The van der Waals surface area contributed by atoms with Crippen LogP contribution in [0.5, 0.6) is 11.6 Å². The molecule has 5 nitrogen and oxygen atoms in total. The van der Waals surface area contributed by atoms with Crippen LogP contribution < -0.4 is 4.74 Å². The number of nitrogens with zero attached hydrogens (tertiary/aromatic N) is 1. The summed E-state index contributed by atoms with van der Waals surface area (Å²) in [6.45, 7) is 0. The predicted octanol–water partition coefficient (Wildman–Crippen LogP) is 3.20. The van der Waals surface area contributed by atoms with Gasteiger partial charge in [-0.3, -0.25) is 4.79 Å². The maximum atomic E-state index is 12.5. The largest absolute Gasteiger partial charge is 0.497 e. The number of aromatic nitrogens is 1. The summed E-state index contributed by atoms with van der Waals surface area (Å²) < 4.78 is 5.17. The van der Waals surface area contributed by atoms with Crippen molar-refractivity contribution in [2.24, 2.45) is 4.99 Å². The fraction of sp³-hybridized carbons (Fsp3) is 0.0588. The Balaban J connectivity index is 1.93. The Kier molecular flexibility index (Phi) is 2.56. The van der Waals surface area contributed by atoms with Crippen molar-refractivity contribution < 1.29 is 14.6 Å². The fourth-order valence-corrected chi connectivity index (χ4v) is 2.76. The Morgan fingerprint density at radius 3 is 2.77 bits per heavy atom. The third-order valence-corrected chi connectivity index (χ3v) is 3.82. The molecule has 1 aromatic heterocycles. The highest BCUT2D eigenvalue weighted by molar-refractivity contribution is 6.56. The van der Waals surface area contributed by atoms with Gasteiger partial charge in [0.05, 0.1) is 23.9 Å². The molecule has 0 bridgehead atoms. The quantitative estimate of drug-likeness (QED) is 0.761. The highest BCUT2D eigenvalue weighted by atomic mass is 16.5. The fourth-order valence-electron chi connectivity index (χ4n) is 2.76. The van der Waals surface area contributed by atoms with Gasteiger partial charge in [0.15, 0.2) is 5.88 Å². The molecule has 0 unspecified atom stereocenters. The van der Waals surface area contributed by atoms with Crippen LogP contribution in [0, 0.1) is 0 Å². The van der Waals surface area contributed by atoms with Gasteiger partial charge in [-0.25, -0.2) is 4.99 Å². The molecule has 108 valence electrons. The van der Waals surface area contributed by atoms with Crippen LogP contribution in [0.4, 0.5) is 5.69 Å². The zero-order valence-corrected chi connectivity index (χ0v) is 11.8. The van der Waals surface area contributed by atoms with Gasteiger partial charge in [-0.05, 0) is 24.3 Å². The van der Waals surface area contributed by atoms with Gasteiger partial charge in [-0.2, -0.15) is 0 Å². The molecule has 2 heterocycles. The summed E-state index contributed by atoms with van der Waals surface area (Å²) in [5.41, 5.74) is 2.57. The lowest BCUT2D eigenvalue weighted by atomic mass is 10.0. The van der Waals surface area contributed by atoms with Crippen molar-refractivity contribution in [3.8, 4) is 11.6 Å². The van der Waals surface area contributed by atoms with E-state index in [0.29, 0.717) is 28.1 Å². The van der Waals surface area contributed by atoms with Crippen molar-refractivity contribution in [3.05, 3.63) is 53.6 Å². The second-order valence-electron chi connectivity index (χ2n) is 5.07. The highest BCUT2D eigenvalue weighted by Crippen LogP contribution is 2.36. The molecule has 22 heavy (non-hydrogen) atoms. The van der Waals surface area contributed by atoms with E-state index in [1.54, 1.807) is 43.5 Å². The van der Waals surface area contributed by atoms with Gasteiger partial charge < -0.3 is 14.8 Å². The van der Waals surface area contributed by atoms with Crippen LogP contribution in [0.3, 0.4) is 0 Å². The number of hydrogen-bond acceptors (Lipinski definition) is 4. The van der Waals surface area contributed by atoms with Crippen LogP contribution in [0.1, 0.15) is 15.9 Å². The number of nitrogens with one attached hydrogen (secondary N) is 1. The van der Waals surface area contributed by atoms with E-state index in [1.807, 2.05) is 6.07 Å². The number of rotatable bonds is 2. The van der Waals surface area contributed by atoms with E-state index in [2.05, 4.69) is 9.98 Å². The Morgan fingerprint density at radius 1 is 1.18 bits per heavy atom. The minimum atomic E-state index is -0.178. The molecule has 0 saturated heterocycles. The van der Waals surface area contributed by atoms with E-state index in [4.69, 9.17) is 4.74 Å². The van der Waals surface area contributed by atoms with Crippen LogP contribution in [0.25, 0.3) is 10.9 Å². The van der Waals surface area contributed by atoms with Gasteiger partial charge >= 0.3 is 0 Å². The maximum absolute atomic E-state index is 12.5. The number of carbonyl (C=O) groups is 1. The third-order valence-electron chi connectivity index (χ3n) is 3.82. The topological polar surface area (TPSA) is 74.7 Å².